The average molecular weight is 516 g/mol. The molecule has 4 rings (SSSR count). The summed E-state index contributed by atoms with van der Waals surface area (Å²) in [6.07, 6.45) is 1.10. The molecule has 11 heteroatoms. The molecule has 2 aromatic carbocycles. The second-order valence-electron chi connectivity index (χ2n) is 8.11. The topological polar surface area (TPSA) is 87.2 Å². The van der Waals surface area contributed by atoms with E-state index < -0.39 is 28.9 Å². The summed E-state index contributed by atoms with van der Waals surface area (Å²) >= 11 is 0.711. The Kier molecular flexibility index (Phi) is 7.68. The molecule has 0 radical (unpaired) electrons. The van der Waals surface area contributed by atoms with E-state index in [1.54, 1.807) is 41.0 Å². The lowest BCUT2D eigenvalue weighted by molar-refractivity contribution is -0.123. The van der Waals surface area contributed by atoms with Gasteiger partial charge in [0, 0.05) is 43.4 Å². The number of halogens is 2. The van der Waals surface area contributed by atoms with Crippen LogP contribution in [0.15, 0.2) is 47.4 Å². The molecular weight excluding hydrogens is 492 g/mol. The summed E-state index contributed by atoms with van der Waals surface area (Å²) < 4.78 is 32.1. The summed E-state index contributed by atoms with van der Waals surface area (Å²) in [4.78, 5) is 54.3. The van der Waals surface area contributed by atoms with Gasteiger partial charge in [0.1, 0.15) is 11.6 Å². The summed E-state index contributed by atoms with van der Waals surface area (Å²) in [6, 6.07) is 9.60. The number of thioether (sulfide) groups is 1. The smallest absolute Gasteiger partial charge is 0.409 e. The number of carbonyl (C=O) groups is 4. The van der Waals surface area contributed by atoms with Crippen molar-refractivity contribution in [1.82, 2.24) is 14.7 Å². The molecule has 36 heavy (non-hydrogen) atoms. The monoisotopic (exact) mass is 515 g/mol. The minimum Gasteiger partial charge on any atom is -0.450 e. The molecule has 0 unspecified atom stereocenters. The lowest BCUT2D eigenvalue weighted by atomic mass is 10.1. The van der Waals surface area contributed by atoms with E-state index in [9.17, 15) is 28.0 Å². The average Bonchev–Trinajstić information content (AvgIpc) is 3.12. The van der Waals surface area contributed by atoms with Gasteiger partial charge in [-0.05, 0) is 48.5 Å². The molecule has 2 aromatic rings. The largest absolute Gasteiger partial charge is 0.450 e. The van der Waals surface area contributed by atoms with Gasteiger partial charge < -0.3 is 14.5 Å². The van der Waals surface area contributed by atoms with Gasteiger partial charge in [0.05, 0.1) is 18.1 Å². The molecule has 0 bridgehead atoms. The fourth-order valence-electron chi connectivity index (χ4n) is 3.86. The molecule has 2 saturated heterocycles. The molecule has 0 N–H and O–H groups in total. The van der Waals surface area contributed by atoms with Crippen LogP contribution in [0.1, 0.15) is 28.4 Å². The van der Waals surface area contributed by atoms with Crippen molar-refractivity contribution in [3.8, 4) is 0 Å². The number of hydrogen-bond acceptors (Lipinski definition) is 6. The van der Waals surface area contributed by atoms with Crippen LogP contribution in [0, 0.1) is 11.6 Å². The predicted molar refractivity (Wildman–Crippen MR) is 129 cm³/mol. The van der Waals surface area contributed by atoms with E-state index in [0.717, 1.165) is 11.0 Å². The highest BCUT2D eigenvalue weighted by Crippen LogP contribution is 2.33. The first-order valence-electron chi connectivity index (χ1n) is 11.3. The Bertz CT molecular complexity index is 1240. The third-order valence-corrected chi connectivity index (χ3v) is 6.65. The second-order valence-corrected chi connectivity index (χ2v) is 9.10. The molecule has 0 saturated carbocycles. The summed E-state index contributed by atoms with van der Waals surface area (Å²) in [7, 11) is 0. The zero-order valence-electron chi connectivity index (χ0n) is 19.4. The van der Waals surface area contributed by atoms with Crippen LogP contribution in [0.3, 0.4) is 0 Å². The van der Waals surface area contributed by atoms with Crippen LogP contribution in [0.25, 0.3) is 6.08 Å². The normalized spacial score (nSPS) is 17.2. The number of ether oxygens (including phenoxy) is 1. The van der Waals surface area contributed by atoms with Crippen molar-refractivity contribution in [3.63, 3.8) is 0 Å². The lowest BCUT2D eigenvalue weighted by Gasteiger charge is -2.34. The molecular formula is C25H23F2N3O5S. The van der Waals surface area contributed by atoms with Gasteiger partial charge in [-0.3, -0.25) is 19.3 Å². The van der Waals surface area contributed by atoms with Crippen molar-refractivity contribution in [2.75, 3.05) is 32.8 Å². The van der Waals surface area contributed by atoms with E-state index in [1.807, 2.05) is 0 Å². The predicted octanol–water partition coefficient (Wildman–Crippen LogP) is 4.12. The number of piperazine rings is 1. The van der Waals surface area contributed by atoms with Gasteiger partial charge in [0.2, 0.25) is 0 Å². The third-order valence-electron chi connectivity index (χ3n) is 5.74. The van der Waals surface area contributed by atoms with Gasteiger partial charge in [-0.2, -0.15) is 0 Å². The molecule has 2 aliphatic rings. The molecule has 2 heterocycles. The van der Waals surface area contributed by atoms with Crippen LogP contribution in [-0.2, 0) is 16.1 Å². The van der Waals surface area contributed by atoms with E-state index in [2.05, 4.69) is 0 Å². The number of nitrogens with zero attached hydrogens (tertiary/aromatic N) is 3. The third kappa shape index (κ3) is 5.56. The minimum absolute atomic E-state index is 0.0237. The summed E-state index contributed by atoms with van der Waals surface area (Å²) in [5.41, 5.74) is 0.973. The van der Waals surface area contributed by atoms with Crippen molar-refractivity contribution >= 4 is 41.0 Å². The van der Waals surface area contributed by atoms with Gasteiger partial charge in [0.15, 0.2) is 0 Å². The van der Waals surface area contributed by atoms with Crippen molar-refractivity contribution in [2.24, 2.45) is 0 Å². The van der Waals surface area contributed by atoms with Gasteiger partial charge in [-0.25, -0.2) is 13.6 Å². The number of rotatable bonds is 5. The van der Waals surface area contributed by atoms with Crippen LogP contribution in [0.2, 0.25) is 0 Å². The fraction of sp³-hybridized carbons (Fsp3) is 0.280. The maximum absolute atomic E-state index is 14.0. The van der Waals surface area contributed by atoms with E-state index >= 15 is 0 Å². The van der Waals surface area contributed by atoms with Crippen LogP contribution in [0.4, 0.5) is 18.4 Å². The fourth-order valence-corrected chi connectivity index (χ4v) is 4.70. The molecule has 0 aromatic heterocycles. The first-order chi connectivity index (χ1) is 17.3. The molecule has 8 nitrogen and oxygen atoms in total. The van der Waals surface area contributed by atoms with Gasteiger partial charge in [-0.1, -0.05) is 18.2 Å². The van der Waals surface area contributed by atoms with E-state index in [0.29, 0.717) is 55.1 Å². The number of benzene rings is 2. The minimum atomic E-state index is -0.840. The molecule has 0 atom stereocenters. The molecule has 0 aliphatic carbocycles. The van der Waals surface area contributed by atoms with E-state index in [4.69, 9.17) is 4.74 Å². The number of hydrogen-bond donors (Lipinski definition) is 0. The Morgan fingerprint density at radius 2 is 1.75 bits per heavy atom. The number of amides is 4. The Morgan fingerprint density at radius 1 is 1.03 bits per heavy atom. The highest BCUT2D eigenvalue weighted by atomic mass is 32.2. The van der Waals surface area contributed by atoms with Crippen LogP contribution in [0.5, 0.6) is 0 Å². The van der Waals surface area contributed by atoms with Crippen molar-refractivity contribution in [2.45, 2.75) is 13.5 Å². The summed E-state index contributed by atoms with van der Waals surface area (Å²) in [5.74, 6) is -2.40. The van der Waals surface area contributed by atoms with Gasteiger partial charge in [0.25, 0.3) is 17.1 Å². The molecule has 2 aliphatic heterocycles. The van der Waals surface area contributed by atoms with E-state index in [-0.39, 0.29) is 29.5 Å². The van der Waals surface area contributed by atoms with Crippen molar-refractivity contribution in [3.05, 3.63) is 75.7 Å². The standard InChI is InChI=1S/C25H23F2N3O5S/c1-2-35-24(33)29-10-8-28(9-11-29)22(31)17-5-3-4-16(12-17)13-21-23(32)30(25(34)36-21)15-18-6-7-19(26)14-20(18)27/h3-7,12-14H,2,8-11,15H2,1H3/b21-13-. The number of carbonyl (C=O) groups excluding carboxylic acids is 4. The van der Waals surface area contributed by atoms with Crippen molar-refractivity contribution < 1.29 is 32.7 Å². The maximum Gasteiger partial charge on any atom is 0.409 e. The van der Waals surface area contributed by atoms with Crippen molar-refractivity contribution in [1.29, 1.82) is 0 Å². The Morgan fingerprint density at radius 3 is 2.44 bits per heavy atom. The summed E-state index contributed by atoms with van der Waals surface area (Å²) in [6.45, 7) is 3.16. The highest BCUT2D eigenvalue weighted by Gasteiger charge is 2.35. The summed E-state index contributed by atoms with van der Waals surface area (Å²) in [5, 5.41) is -0.568. The zero-order chi connectivity index (χ0) is 25.8. The Labute approximate surface area is 210 Å². The van der Waals surface area contributed by atoms with E-state index in [1.165, 1.54) is 12.1 Å². The second kappa shape index (κ2) is 10.9. The molecule has 4 amide bonds. The van der Waals surface area contributed by atoms with Crippen LogP contribution < -0.4 is 0 Å². The maximum atomic E-state index is 14.0. The highest BCUT2D eigenvalue weighted by molar-refractivity contribution is 8.18. The first kappa shape index (κ1) is 25.4. The van der Waals surface area contributed by atoms with Crippen LogP contribution in [-0.4, -0.2) is 70.6 Å². The zero-order valence-corrected chi connectivity index (χ0v) is 20.2. The SMILES string of the molecule is CCOC(=O)N1CCN(C(=O)c2cccc(/C=C3\SC(=O)N(Cc4ccc(F)cc4F)C3=O)c2)CC1. The van der Waals surface area contributed by atoms with Gasteiger partial charge in [-0.15, -0.1) is 0 Å². The first-order valence-corrected chi connectivity index (χ1v) is 12.1. The van der Waals surface area contributed by atoms with Gasteiger partial charge >= 0.3 is 6.09 Å². The number of imide groups is 1. The lowest BCUT2D eigenvalue weighted by Crippen LogP contribution is -2.50. The molecule has 2 fully saturated rings. The molecule has 188 valence electrons. The Balaban J connectivity index is 1.44. The molecule has 0 spiro atoms. The quantitative estimate of drug-likeness (QED) is 0.557. The van der Waals surface area contributed by atoms with Crippen LogP contribution >= 0.6 is 11.8 Å². The Hall–Kier alpha value is -3.73.